The Morgan fingerprint density at radius 2 is 2.00 bits per heavy atom. The summed E-state index contributed by atoms with van der Waals surface area (Å²) in [5, 5.41) is 0. The van der Waals surface area contributed by atoms with Gasteiger partial charge >= 0.3 is 0 Å². The average molecular weight is 169 g/mol. The molecule has 0 fully saturated rings. The number of aromatic nitrogens is 2. The molecule has 4 heteroatoms. The molecule has 0 spiro atoms. The molecule has 1 rings (SSSR count). The number of anilines is 1. The molecule has 0 bridgehead atoms. The van der Waals surface area contributed by atoms with Crippen molar-refractivity contribution >= 4 is 18.4 Å². The first-order valence-corrected chi connectivity index (χ1v) is 3.75. The van der Waals surface area contributed by atoms with Crippen LogP contribution in [0.1, 0.15) is 19.5 Å². The van der Waals surface area contributed by atoms with Gasteiger partial charge in [0.1, 0.15) is 5.82 Å². The fourth-order valence-electron chi connectivity index (χ4n) is 0.654. The second-order valence-corrected chi connectivity index (χ2v) is 4.00. The van der Waals surface area contributed by atoms with Gasteiger partial charge in [-0.25, -0.2) is 4.98 Å². The fraction of sp³-hybridized carbons (Fsp3) is 0.429. The van der Waals surface area contributed by atoms with E-state index in [4.69, 9.17) is 5.73 Å². The van der Waals surface area contributed by atoms with Crippen molar-refractivity contribution in [1.29, 1.82) is 0 Å². The molecule has 1 aromatic rings. The highest BCUT2D eigenvalue weighted by atomic mass is 32.1. The molecule has 0 radical (unpaired) electrons. The normalized spacial score (nSPS) is 11.5. The van der Waals surface area contributed by atoms with Gasteiger partial charge in [0.25, 0.3) is 0 Å². The predicted molar refractivity (Wildman–Crippen MR) is 48.5 cm³/mol. The zero-order chi connectivity index (χ0) is 8.48. The van der Waals surface area contributed by atoms with Crippen molar-refractivity contribution in [3.8, 4) is 0 Å². The van der Waals surface area contributed by atoms with E-state index < -0.39 is 0 Å². The highest BCUT2D eigenvalue weighted by molar-refractivity contribution is 7.81. The van der Waals surface area contributed by atoms with E-state index >= 15 is 0 Å². The number of nitrogen functional groups attached to an aromatic ring is 1. The Bertz CT molecular complexity index is 237. The lowest BCUT2D eigenvalue weighted by atomic mass is 10.1. The molecular weight excluding hydrogens is 158 g/mol. The van der Waals surface area contributed by atoms with Gasteiger partial charge in [0.15, 0.2) is 0 Å². The molecule has 60 valence electrons. The molecule has 3 nitrogen and oxygen atoms in total. The molecule has 0 atom stereocenters. The van der Waals surface area contributed by atoms with Gasteiger partial charge in [-0.3, -0.25) is 4.98 Å². The topological polar surface area (TPSA) is 51.8 Å². The smallest absolute Gasteiger partial charge is 0.141 e. The van der Waals surface area contributed by atoms with Gasteiger partial charge in [0.2, 0.25) is 0 Å². The third kappa shape index (κ3) is 2.08. The van der Waals surface area contributed by atoms with Gasteiger partial charge in [-0.1, -0.05) is 0 Å². The molecule has 1 aromatic heterocycles. The van der Waals surface area contributed by atoms with Crippen molar-refractivity contribution in [3.05, 3.63) is 18.1 Å². The van der Waals surface area contributed by atoms with E-state index in [1.165, 1.54) is 6.20 Å². The van der Waals surface area contributed by atoms with Crippen LogP contribution >= 0.6 is 12.6 Å². The van der Waals surface area contributed by atoms with Gasteiger partial charge in [0, 0.05) is 0 Å². The van der Waals surface area contributed by atoms with Crippen LogP contribution in [0.15, 0.2) is 12.4 Å². The minimum absolute atomic E-state index is 0.249. The quantitative estimate of drug-likeness (QED) is 0.621. The van der Waals surface area contributed by atoms with Crippen LogP contribution < -0.4 is 5.73 Å². The highest BCUT2D eigenvalue weighted by Gasteiger charge is 2.15. The zero-order valence-electron chi connectivity index (χ0n) is 6.57. The molecule has 1 heterocycles. The maximum absolute atomic E-state index is 5.37. The van der Waals surface area contributed by atoms with E-state index in [9.17, 15) is 0 Å². The Balaban J connectivity index is 2.99. The Hall–Kier alpha value is -0.770. The maximum Gasteiger partial charge on any atom is 0.141 e. The van der Waals surface area contributed by atoms with E-state index in [1.807, 2.05) is 13.8 Å². The number of thiol groups is 1. The van der Waals surface area contributed by atoms with Crippen LogP contribution in [0.5, 0.6) is 0 Å². The molecule has 0 amide bonds. The monoisotopic (exact) mass is 169 g/mol. The van der Waals surface area contributed by atoms with Crippen LogP contribution in [-0.2, 0) is 4.75 Å². The Labute approximate surface area is 71.5 Å². The Morgan fingerprint density at radius 1 is 1.36 bits per heavy atom. The number of hydrogen-bond acceptors (Lipinski definition) is 4. The molecule has 0 aliphatic carbocycles. The summed E-state index contributed by atoms with van der Waals surface area (Å²) in [6, 6.07) is 0. The summed E-state index contributed by atoms with van der Waals surface area (Å²) in [6.45, 7) is 3.91. The molecule has 11 heavy (non-hydrogen) atoms. The van der Waals surface area contributed by atoms with Crippen LogP contribution in [0.25, 0.3) is 0 Å². The van der Waals surface area contributed by atoms with Gasteiger partial charge in [-0.05, 0) is 13.8 Å². The third-order valence-corrected chi connectivity index (χ3v) is 1.53. The van der Waals surface area contributed by atoms with Crippen molar-refractivity contribution in [2.45, 2.75) is 18.6 Å². The molecule has 0 aliphatic heterocycles. The van der Waals surface area contributed by atoms with Gasteiger partial charge < -0.3 is 5.73 Å². The summed E-state index contributed by atoms with van der Waals surface area (Å²) in [4.78, 5) is 8.00. The van der Waals surface area contributed by atoms with Crippen LogP contribution in [-0.4, -0.2) is 9.97 Å². The van der Waals surface area contributed by atoms with Gasteiger partial charge in [-0.15, -0.1) is 0 Å². The Morgan fingerprint density at radius 3 is 2.36 bits per heavy atom. The number of nitrogens with zero attached hydrogens (tertiary/aromatic N) is 2. The molecule has 0 saturated heterocycles. The molecule has 0 unspecified atom stereocenters. The standard InChI is InChI=1S/C7H11N3S/c1-7(2,11)5-3-10-6(8)4-9-5/h3-4,11H,1-2H3,(H2,8,10). The molecule has 0 aliphatic rings. The van der Waals surface area contributed by atoms with Crippen LogP contribution in [0, 0.1) is 0 Å². The first kappa shape index (κ1) is 8.33. The zero-order valence-corrected chi connectivity index (χ0v) is 7.47. The minimum Gasteiger partial charge on any atom is -0.382 e. The van der Waals surface area contributed by atoms with Crippen molar-refractivity contribution < 1.29 is 0 Å². The number of rotatable bonds is 1. The second-order valence-electron chi connectivity index (χ2n) is 2.89. The molecule has 0 saturated carbocycles. The summed E-state index contributed by atoms with van der Waals surface area (Å²) >= 11 is 4.34. The van der Waals surface area contributed by atoms with E-state index in [2.05, 4.69) is 22.6 Å². The highest BCUT2D eigenvalue weighted by Crippen LogP contribution is 2.24. The van der Waals surface area contributed by atoms with Crippen molar-refractivity contribution in [2.75, 3.05) is 5.73 Å². The summed E-state index contributed by atoms with van der Waals surface area (Å²) < 4.78 is -0.249. The average Bonchev–Trinajstić information content (AvgIpc) is 1.86. The predicted octanol–water partition coefficient (Wildman–Crippen LogP) is 1.22. The first-order chi connectivity index (χ1) is 5.00. The lowest BCUT2D eigenvalue weighted by Gasteiger charge is -2.15. The number of nitrogens with two attached hydrogens (primary N) is 1. The second kappa shape index (κ2) is 2.70. The van der Waals surface area contributed by atoms with Gasteiger partial charge in [0.05, 0.1) is 22.8 Å². The van der Waals surface area contributed by atoms with Crippen molar-refractivity contribution in [3.63, 3.8) is 0 Å². The van der Waals surface area contributed by atoms with E-state index in [-0.39, 0.29) is 4.75 Å². The summed E-state index contributed by atoms with van der Waals surface area (Å²) in [7, 11) is 0. The summed E-state index contributed by atoms with van der Waals surface area (Å²) in [5.41, 5.74) is 6.20. The SMILES string of the molecule is CC(C)(S)c1cnc(N)cn1. The maximum atomic E-state index is 5.37. The van der Waals surface area contributed by atoms with Gasteiger partial charge in [-0.2, -0.15) is 12.6 Å². The van der Waals surface area contributed by atoms with E-state index in [1.54, 1.807) is 6.20 Å². The van der Waals surface area contributed by atoms with E-state index in [0.717, 1.165) is 5.69 Å². The van der Waals surface area contributed by atoms with E-state index in [0.29, 0.717) is 5.82 Å². The lowest BCUT2D eigenvalue weighted by Crippen LogP contribution is -2.11. The molecule has 2 N–H and O–H groups in total. The first-order valence-electron chi connectivity index (χ1n) is 3.30. The largest absolute Gasteiger partial charge is 0.382 e. The van der Waals surface area contributed by atoms with Crippen LogP contribution in [0.3, 0.4) is 0 Å². The van der Waals surface area contributed by atoms with Crippen molar-refractivity contribution in [1.82, 2.24) is 9.97 Å². The Kier molecular flexibility index (Phi) is 2.04. The molecular formula is C7H11N3S. The number of hydrogen-bond donors (Lipinski definition) is 2. The lowest BCUT2D eigenvalue weighted by molar-refractivity contribution is 0.747. The third-order valence-electron chi connectivity index (χ3n) is 1.30. The minimum atomic E-state index is -0.249. The van der Waals surface area contributed by atoms with Crippen LogP contribution in [0.2, 0.25) is 0 Å². The molecule has 0 aromatic carbocycles. The fourth-order valence-corrected chi connectivity index (χ4v) is 0.769. The summed E-state index contributed by atoms with van der Waals surface area (Å²) in [5.74, 6) is 0.436. The summed E-state index contributed by atoms with van der Waals surface area (Å²) in [6.07, 6.45) is 3.18. The van der Waals surface area contributed by atoms with Crippen molar-refractivity contribution in [2.24, 2.45) is 0 Å². The van der Waals surface area contributed by atoms with Crippen LogP contribution in [0.4, 0.5) is 5.82 Å².